The molecule has 0 unspecified atom stereocenters. The molecule has 0 aromatic heterocycles. The first kappa shape index (κ1) is 18.0. The van der Waals surface area contributed by atoms with E-state index in [1.54, 1.807) is 24.3 Å². The minimum Gasteiger partial charge on any atom is -0.493 e. The van der Waals surface area contributed by atoms with Crippen LogP contribution in [0.3, 0.4) is 0 Å². The zero-order valence-corrected chi connectivity index (χ0v) is 15.0. The van der Waals surface area contributed by atoms with Crippen molar-refractivity contribution in [2.75, 3.05) is 13.2 Å². The van der Waals surface area contributed by atoms with E-state index in [0.29, 0.717) is 30.1 Å². The first-order valence-corrected chi connectivity index (χ1v) is 9.04. The molecule has 1 aliphatic rings. The number of hydrogen-bond donors (Lipinski definition) is 2. The van der Waals surface area contributed by atoms with E-state index in [1.807, 2.05) is 31.2 Å². The first-order chi connectivity index (χ1) is 12.7. The largest absolute Gasteiger partial charge is 0.493 e. The molecule has 0 aliphatic heterocycles. The van der Waals surface area contributed by atoms with Gasteiger partial charge in [-0.1, -0.05) is 12.1 Å². The molecule has 0 radical (unpaired) electrons. The van der Waals surface area contributed by atoms with Crippen molar-refractivity contribution >= 4 is 11.8 Å². The number of nitrogens with one attached hydrogen (secondary N) is 2. The highest BCUT2D eigenvalue weighted by Gasteiger charge is 2.21. The monoisotopic (exact) mass is 352 g/mol. The summed E-state index contributed by atoms with van der Waals surface area (Å²) in [6.45, 7) is 3.59. The molecule has 0 spiro atoms. The van der Waals surface area contributed by atoms with Gasteiger partial charge in [0.2, 0.25) is 0 Å². The highest BCUT2D eigenvalue weighted by molar-refractivity contribution is 5.95. The van der Waals surface area contributed by atoms with Gasteiger partial charge in [-0.25, -0.2) is 0 Å². The van der Waals surface area contributed by atoms with Crippen LogP contribution in [0.15, 0.2) is 48.5 Å². The standard InChI is InChI=1S/C21H24N2O3/c1-2-22-21(25)18-5-3-4-16(12-18)13-23-20(24)17-8-10-19(11-9-17)26-14-15-6-7-15/h3-5,8-12,15H,2,6-7,13-14H2,1H3,(H,22,25)(H,23,24). The summed E-state index contributed by atoms with van der Waals surface area (Å²) in [6.07, 6.45) is 2.50. The number of carbonyl (C=O) groups is 2. The van der Waals surface area contributed by atoms with Gasteiger partial charge < -0.3 is 15.4 Å². The number of benzene rings is 2. The van der Waals surface area contributed by atoms with Crippen molar-refractivity contribution in [1.29, 1.82) is 0 Å². The van der Waals surface area contributed by atoms with Crippen LogP contribution in [0.5, 0.6) is 5.75 Å². The lowest BCUT2D eigenvalue weighted by atomic mass is 10.1. The first-order valence-electron chi connectivity index (χ1n) is 9.04. The summed E-state index contributed by atoms with van der Waals surface area (Å²) in [5.74, 6) is 1.24. The smallest absolute Gasteiger partial charge is 0.251 e. The van der Waals surface area contributed by atoms with E-state index in [1.165, 1.54) is 12.8 Å². The zero-order valence-electron chi connectivity index (χ0n) is 15.0. The maximum atomic E-state index is 12.3. The third kappa shape index (κ3) is 5.09. The van der Waals surface area contributed by atoms with Crippen LogP contribution in [0.1, 0.15) is 46.0 Å². The minimum absolute atomic E-state index is 0.109. The van der Waals surface area contributed by atoms with Gasteiger partial charge >= 0.3 is 0 Å². The molecule has 0 saturated heterocycles. The number of ether oxygens (including phenoxy) is 1. The minimum atomic E-state index is -0.151. The van der Waals surface area contributed by atoms with Gasteiger partial charge in [0.15, 0.2) is 0 Å². The average molecular weight is 352 g/mol. The molecule has 136 valence electrons. The number of hydrogen-bond acceptors (Lipinski definition) is 3. The molecule has 2 aromatic carbocycles. The Balaban J connectivity index is 1.53. The Kier molecular flexibility index (Phi) is 5.89. The van der Waals surface area contributed by atoms with Crippen molar-refractivity contribution in [2.45, 2.75) is 26.3 Å². The van der Waals surface area contributed by atoms with Crippen molar-refractivity contribution in [3.8, 4) is 5.75 Å². The lowest BCUT2D eigenvalue weighted by molar-refractivity contribution is 0.0947. The molecule has 2 amide bonds. The van der Waals surface area contributed by atoms with Crippen LogP contribution in [0.25, 0.3) is 0 Å². The Hall–Kier alpha value is -2.82. The normalized spacial score (nSPS) is 13.1. The maximum absolute atomic E-state index is 12.3. The Morgan fingerprint density at radius 3 is 2.42 bits per heavy atom. The highest BCUT2D eigenvalue weighted by atomic mass is 16.5. The van der Waals surface area contributed by atoms with Crippen LogP contribution in [0.4, 0.5) is 0 Å². The second kappa shape index (κ2) is 8.52. The molecule has 0 heterocycles. The molecule has 5 nitrogen and oxygen atoms in total. The van der Waals surface area contributed by atoms with Gasteiger partial charge in [0.25, 0.3) is 11.8 Å². The fraction of sp³-hybridized carbons (Fsp3) is 0.333. The maximum Gasteiger partial charge on any atom is 0.251 e. The molecule has 1 aliphatic carbocycles. The SMILES string of the molecule is CCNC(=O)c1cccc(CNC(=O)c2ccc(OCC3CC3)cc2)c1. The second-order valence-corrected chi connectivity index (χ2v) is 6.52. The fourth-order valence-electron chi connectivity index (χ4n) is 2.57. The molecule has 0 atom stereocenters. The third-order valence-electron chi connectivity index (χ3n) is 4.28. The van der Waals surface area contributed by atoms with Crippen molar-refractivity contribution in [3.05, 3.63) is 65.2 Å². The fourth-order valence-corrected chi connectivity index (χ4v) is 2.57. The van der Waals surface area contributed by atoms with Gasteiger partial charge in [-0.3, -0.25) is 9.59 Å². The molecule has 26 heavy (non-hydrogen) atoms. The van der Waals surface area contributed by atoms with E-state index >= 15 is 0 Å². The van der Waals surface area contributed by atoms with Gasteiger partial charge in [-0.05, 0) is 67.6 Å². The van der Waals surface area contributed by atoms with Crippen LogP contribution in [0.2, 0.25) is 0 Å². The topological polar surface area (TPSA) is 67.4 Å². The number of rotatable bonds is 8. The summed E-state index contributed by atoms with van der Waals surface area (Å²) in [4.78, 5) is 24.2. The molecule has 1 fully saturated rings. The Morgan fingerprint density at radius 2 is 1.73 bits per heavy atom. The number of carbonyl (C=O) groups excluding carboxylic acids is 2. The summed E-state index contributed by atoms with van der Waals surface area (Å²) in [7, 11) is 0. The Morgan fingerprint density at radius 1 is 1.00 bits per heavy atom. The highest BCUT2D eigenvalue weighted by Crippen LogP contribution is 2.29. The van der Waals surface area contributed by atoms with Crippen LogP contribution in [-0.4, -0.2) is 25.0 Å². The van der Waals surface area contributed by atoms with Crippen molar-refractivity contribution in [2.24, 2.45) is 5.92 Å². The van der Waals surface area contributed by atoms with Crippen LogP contribution >= 0.6 is 0 Å². The predicted molar refractivity (Wildman–Crippen MR) is 100 cm³/mol. The van der Waals surface area contributed by atoms with E-state index in [2.05, 4.69) is 10.6 Å². The number of amides is 2. The summed E-state index contributed by atoms with van der Waals surface area (Å²) in [5.41, 5.74) is 2.06. The lowest BCUT2D eigenvalue weighted by Crippen LogP contribution is -2.24. The van der Waals surface area contributed by atoms with E-state index in [9.17, 15) is 9.59 Å². The van der Waals surface area contributed by atoms with E-state index < -0.39 is 0 Å². The van der Waals surface area contributed by atoms with Gasteiger partial charge in [0.1, 0.15) is 5.75 Å². The molecular formula is C21H24N2O3. The molecule has 2 N–H and O–H groups in total. The molecule has 3 rings (SSSR count). The summed E-state index contributed by atoms with van der Waals surface area (Å²) in [5, 5.41) is 5.65. The Labute approximate surface area is 153 Å². The van der Waals surface area contributed by atoms with Crippen LogP contribution in [-0.2, 0) is 6.54 Å². The molecule has 2 aromatic rings. The summed E-state index contributed by atoms with van der Waals surface area (Å²) < 4.78 is 5.68. The third-order valence-corrected chi connectivity index (χ3v) is 4.28. The van der Waals surface area contributed by atoms with Crippen molar-refractivity contribution in [3.63, 3.8) is 0 Å². The molecular weight excluding hydrogens is 328 g/mol. The van der Waals surface area contributed by atoms with E-state index in [4.69, 9.17) is 4.74 Å². The van der Waals surface area contributed by atoms with Crippen molar-refractivity contribution in [1.82, 2.24) is 10.6 Å². The molecule has 0 bridgehead atoms. The van der Waals surface area contributed by atoms with E-state index in [-0.39, 0.29) is 11.8 Å². The van der Waals surface area contributed by atoms with Crippen LogP contribution < -0.4 is 15.4 Å². The van der Waals surface area contributed by atoms with Gasteiger partial charge in [-0.15, -0.1) is 0 Å². The lowest BCUT2D eigenvalue weighted by Gasteiger charge is -2.09. The summed E-state index contributed by atoms with van der Waals surface area (Å²) >= 11 is 0. The quantitative estimate of drug-likeness (QED) is 0.767. The zero-order chi connectivity index (χ0) is 18.4. The van der Waals surface area contributed by atoms with Gasteiger partial charge in [0.05, 0.1) is 6.61 Å². The van der Waals surface area contributed by atoms with Crippen LogP contribution in [0, 0.1) is 5.92 Å². The van der Waals surface area contributed by atoms with Gasteiger partial charge in [0, 0.05) is 24.2 Å². The average Bonchev–Trinajstić information content (AvgIpc) is 3.50. The van der Waals surface area contributed by atoms with Crippen molar-refractivity contribution < 1.29 is 14.3 Å². The Bertz CT molecular complexity index is 767. The molecule has 1 saturated carbocycles. The van der Waals surface area contributed by atoms with E-state index in [0.717, 1.165) is 17.9 Å². The summed E-state index contributed by atoms with van der Waals surface area (Å²) in [6, 6.07) is 14.4. The predicted octanol–water partition coefficient (Wildman–Crippen LogP) is 3.16. The molecule has 5 heteroatoms. The second-order valence-electron chi connectivity index (χ2n) is 6.52. The van der Waals surface area contributed by atoms with Gasteiger partial charge in [-0.2, -0.15) is 0 Å².